The number of nitrogens with zero attached hydrogens (tertiary/aromatic N) is 2. The van der Waals surface area contributed by atoms with Gasteiger partial charge in [-0.1, -0.05) is 28.1 Å². The molecule has 7 heteroatoms. The summed E-state index contributed by atoms with van der Waals surface area (Å²) in [4.78, 5) is 26.4. The normalized spacial score (nSPS) is 15.2. The van der Waals surface area contributed by atoms with Crippen LogP contribution in [0.4, 0.5) is 4.79 Å². The third kappa shape index (κ3) is 3.76. The second-order valence-electron chi connectivity index (χ2n) is 7.18. The maximum absolute atomic E-state index is 12.8. The Bertz CT molecular complexity index is 1160. The van der Waals surface area contributed by atoms with Crippen LogP contribution in [0.2, 0.25) is 0 Å². The van der Waals surface area contributed by atoms with Crippen LogP contribution < -0.4 is 5.32 Å². The van der Waals surface area contributed by atoms with Crippen LogP contribution >= 0.6 is 15.9 Å². The van der Waals surface area contributed by atoms with Crippen LogP contribution in [0.15, 0.2) is 64.8 Å². The second-order valence-corrected chi connectivity index (χ2v) is 8.10. The molecule has 2 N–H and O–H groups in total. The SMILES string of the molecule is Cc1cc(/C=C2/NC(=O)N(Cc3ccc(Br)cc3)C2=O)c(C)n1-c1ccc(O)cc1. The van der Waals surface area contributed by atoms with E-state index in [0.717, 1.165) is 32.7 Å². The molecule has 0 atom stereocenters. The summed E-state index contributed by atoms with van der Waals surface area (Å²) in [6.07, 6.45) is 1.71. The van der Waals surface area contributed by atoms with Gasteiger partial charge in [0, 0.05) is 21.5 Å². The summed E-state index contributed by atoms with van der Waals surface area (Å²) in [6, 6.07) is 16.0. The van der Waals surface area contributed by atoms with Gasteiger partial charge in [0.25, 0.3) is 5.91 Å². The largest absolute Gasteiger partial charge is 0.508 e. The first-order valence-electron chi connectivity index (χ1n) is 9.41. The van der Waals surface area contributed by atoms with E-state index in [0.29, 0.717) is 0 Å². The van der Waals surface area contributed by atoms with Crippen molar-refractivity contribution in [2.24, 2.45) is 0 Å². The van der Waals surface area contributed by atoms with Crippen molar-refractivity contribution in [3.05, 3.63) is 87.3 Å². The highest BCUT2D eigenvalue weighted by molar-refractivity contribution is 9.10. The highest BCUT2D eigenvalue weighted by Crippen LogP contribution is 2.25. The first-order valence-corrected chi connectivity index (χ1v) is 10.2. The third-order valence-electron chi connectivity index (χ3n) is 5.09. The number of imide groups is 1. The summed E-state index contributed by atoms with van der Waals surface area (Å²) >= 11 is 3.38. The van der Waals surface area contributed by atoms with Crippen LogP contribution in [0.5, 0.6) is 5.75 Å². The predicted octanol–water partition coefficient (Wildman–Crippen LogP) is 4.66. The van der Waals surface area contributed by atoms with Crippen molar-refractivity contribution in [3.8, 4) is 11.4 Å². The minimum absolute atomic E-state index is 0.202. The zero-order chi connectivity index (χ0) is 21.4. The Hall–Kier alpha value is -3.32. The summed E-state index contributed by atoms with van der Waals surface area (Å²) in [5.74, 6) is -0.147. The van der Waals surface area contributed by atoms with Gasteiger partial charge in [0.05, 0.1) is 6.54 Å². The predicted molar refractivity (Wildman–Crippen MR) is 118 cm³/mol. The van der Waals surface area contributed by atoms with Crippen LogP contribution in [0.3, 0.4) is 0 Å². The number of rotatable bonds is 4. The first-order chi connectivity index (χ1) is 14.3. The number of hydrogen-bond acceptors (Lipinski definition) is 3. The minimum atomic E-state index is -0.429. The summed E-state index contributed by atoms with van der Waals surface area (Å²) in [7, 11) is 0. The van der Waals surface area contributed by atoms with Crippen molar-refractivity contribution in [2.75, 3.05) is 0 Å². The van der Waals surface area contributed by atoms with Gasteiger partial charge in [0.1, 0.15) is 11.4 Å². The lowest BCUT2D eigenvalue weighted by atomic mass is 10.2. The Labute approximate surface area is 182 Å². The number of phenolic OH excluding ortho intramolecular Hbond substituents is 1. The fraction of sp³-hybridized carbons (Fsp3) is 0.130. The number of benzene rings is 2. The molecule has 0 radical (unpaired) electrons. The number of aromatic nitrogens is 1. The summed E-state index contributed by atoms with van der Waals surface area (Å²) < 4.78 is 2.97. The van der Waals surface area contributed by atoms with Crippen molar-refractivity contribution < 1.29 is 14.7 Å². The minimum Gasteiger partial charge on any atom is -0.508 e. The summed E-state index contributed by atoms with van der Waals surface area (Å²) in [6.45, 7) is 4.13. The van der Waals surface area contributed by atoms with Crippen LogP contribution in [-0.4, -0.2) is 26.5 Å². The fourth-order valence-electron chi connectivity index (χ4n) is 3.58. The molecular weight excluding hydrogens is 446 g/mol. The monoisotopic (exact) mass is 465 g/mol. The topological polar surface area (TPSA) is 74.6 Å². The van der Waals surface area contributed by atoms with E-state index in [1.54, 1.807) is 18.2 Å². The second kappa shape index (κ2) is 7.84. The van der Waals surface area contributed by atoms with Gasteiger partial charge in [-0.2, -0.15) is 0 Å². The number of amides is 3. The lowest BCUT2D eigenvalue weighted by Crippen LogP contribution is -2.30. The smallest absolute Gasteiger partial charge is 0.329 e. The summed E-state index contributed by atoms with van der Waals surface area (Å²) in [5.41, 5.74) is 4.78. The highest BCUT2D eigenvalue weighted by atomic mass is 79.9. The van der Waals surface area contributed by atoms with Crippen LogP contribution in [-0.2, 0) is 11.3 Å². The average Bonchev–Trinajstić information content (AvgIpc) is 3.14. The zero-order valence-electron chi connectivity index (χ0n) is 16.5. The van der Waals surface area contributed by atoms with E-state index in [1.165, 1.54) is 4.90 Å². The van der Waals surface area contributed by atoms with Gasteiger partial charge in [-0.05, 0) is 73.5 Å². The van der Waals surface area contributed by atoms with Crippen molar-refractivity contribution in [2.45, 2.75) is 20.4 Å². The number of phenols is 1. The van der Waals surface area contributed by atoms with Crippen LogP contribution in [0, 0.1) is 13.8 Å². The first kappa shape index (κ1) is 20.0. The molecule has 1 fully saturated rings. The van der Waals surface area contributed by atoms with Gasteiger partial charge < -0.3 is 15.0 Å². The molecule has 0 aliphatic carbocycles. The van der Waals surface area contributed by atoms with Gasteiger partial charge in [0.2, 0.25) is 0 Å². The van der Waals surface area contributed by atoms with Crippen molar-refractivity contribution >= 4 is 33.9 Å². The molecule has 1 aliphatic rings. The van der Waals surface area contributed by atoms with Crippen molar-refractivity contribution in [3.63, 3.8) is 0 Å². The number of aryl methyl sites for hydroxylation is 1. The molecule has 0 saturated carbocycles. The molecule has 1 aromatic heterocycles. The van der Waals surface area contributed by atoms with Gasteiger partial charge in [0.15, 0.2) is 0 Å². The molecule has 3 aromatic rings. The quantitative estimate of drug-likeness (QED) is 0.434. The maximum Gasteiger partial charge on any atom is 0.329 e. The van der Waals surface area contributed by atoms with Gasteiger partial charge in [-0.15, -0.1) is 0 Å². The fourth-order valence-corrected chi connectivity index (χ4v) is 3.84. The molecular formula is C23H20BrN3O3. The number of carbonyl (C=O) groups excluding carboxylic acids is 2. The standard InChI is InChI=1S/C23H20BrN3O3/c1-14-11-17(15(2)27(14)19-7-9-20(28)10-8-19)12-21-22(29)26(23(30)25-21)13-16-3-5-18(24)6-4-16/h3-12,28H,13H2,1-2H3,(H,25,30)/b21-12+. The Morgan fingerprint density at radius 2 is 1.70 bits per heavy atom. The average molecular weight is 466 g/mol. The van der Waals surface area contributed by atoms with E-state index >= 15 is 0 Å². The highest BCUT2D eigenvalue weighted by Gasteiger charge is 2.33. The Balaban J connectivity index is 1.61. The number of urea groups is 1. The molecule has 2 heterocycles. The molecule has 0 unspecified atom stereocenters. The summed E-state index contributed by atoms with van der Waals surface area (Å²) in [5, 5.41) is 12.2. The number of hydrogen-bond donors (Lipinski definition) is 2. The maximum atomic E-state index is 12.8. The number of halogens is 1. The van der Waals surface area contributed by atoms with E-state index in [1.807, 2.05) is 60.9 Å². The molecule has 152 valence electrons. The number of nitrogens with one attached hydrogen (secondary N) is 1. The molecule has 1 saturated heterocycles. The molecule has 1 aliphatic heterocycles. The van der Waals surface area contributed by atoms with E-state index in [-0.39, 0.29) is 23.9 Å². The Morgan fingerprint density at radius 3 is 2.37 bits per heavy atom. The molecule has 0 spiro atoms. The number of carbonyl (C=O) groups is 2. The molecule has 0 bridgehead atoms. The third-order valence-corrected chi connectivity index (χ3v) is 5.62. The molecule has 30 heavy (non-hydrogen) atoms. The molecule has 6 nitrogen and oxygen atoms in total. The van der Waals surface area contributed by atoms with Gasteiger partial charge >= 0.3 is 6.03 Å². The lowest BCUT2D eigenvalue weighted by Gasteiger charge is -2.11. The molecule has 4 rings (SSSR count). The van der Waals surface area contributed by atoms with E-state index < -0.39 is 6.03 Å². The Morgan fingerprint density at radius 1 is 1.03 bits per heavy atom. The molecule has 3 amide bonds. The number of aromatic hydroxyl groups is 1. The zero-order valence-corrected chi connectivity index (χ0v) is 18.1. The van der Waals surface area contributed by atoms with Crippen molar-refractivity contribution in [1.82, 2.24) is 14.8 Å². The molecule has 2 aromatic carbocycles. The van der Waals surface area contributed by atoms with Gasteiger partial charge in [-0.25, -0.2) is 4.79 Å². The van der Waals surface area contributed by atoms with E-state index in [4.69, 9.17) is 0 Å². The van der Waals surface area contributed by atoms with E-state index in [9.17, 15) is 14.7 Å². The van der Waals surface area contributed by atoms with Gasteiger partial charge in [-0.3, -0.25) is 9.69 Å². The van der Waals surface area contributed by atoms with Crippen LogP contribution in [0.25, 0.3) is 11.8 Å². The Kier molecular flexibility index (Phi) is 5.22. The van der Waals surface area contributed by atoms with E-state index in [2.05, 4.69) is 21.2 Å². The van der Waals surface area contributed by atoms with Crippen LogP contribution in [0.1, 0.15) is 22.5 Å². The lowest BCUT2D eigenvalue weighted by molar-refractivity contribution is -0.123. The van der Waals surface area contributed by atoms with Crippen molar-refractivity contribution in [1.29, 1.82) is 0 Å².